The van der Waals surface area contributed by atoms with Gasteiger partial charge in [-0.25, -0.2) is 37.3 Å². The molecule has 2 fully saturated rings. The van der Waals surface area contributed by atoms with Crippen LogP contribution < -0.4 is 89.1 Å². The van der Waals surface area contributed by atoms with Crippen molar-refractivity contribution in [3.05, 3.63) is 113 Å². The van der Waals surface area contributed by atoms with Gasteiger partial charge in [0.15, 0.2) is 0 Å². The van der Waals surface area contributed by atoms with Crippen molar-refractivity contribution in [2.45, 2.75) is 116 Å². The molecule has 0 bridgehead atoms. The number of halogens is 2. The summed E-state index contributed by atoms with van der Waals surface area (Å²) in [5, 5.41) is 8.54. The van der Waals surface area contributed by atoms with E-state index >= 15 is 4.39 Å². The molecule has 20 nitrogen and oxygen atoms in total. The minimum Gasteiger partial charge on any atom is -0.790 e. The Morgan fingerprint density at radius 3 is 2.07 bits per heavy atom. The van der Waals surface area contributed by atoms with Gasteiger partial charge in [-0.15, -0.1) is 0 Å². The second-order valence-corrected chi connectivity index (χ2v) is 19.5. The van der Waals surface area contributed by atoms with Crippen LogP contribution in [0, 0.1) is 17.6 Å². The first-order chi connectivity index (χ1) is 35.1. The van der Waals surface area contributed by atoms with Crippen molar-refractivity contribution < 1.29 is 120 Å². The van der Waals surface area contributed by atoms with E-state index in [9.17, 15) is 33.1 Å². The van der Waals surface area contributed by atoms with Gasteiger partial charge in [-0.2, -0.15) is 10.2 Å². The van der Waals surface area contributed by atoms with Crippen LogP contribution in [0.4, 0.5) is 25.0 Å². The third-order valence-electron chi connectivity index (χ3n) is 13.1. The van der Waals surface area contributed by atoms with Crippen molar-refractivity contribution in [3.63, 3.8) is 0 Å². The Morgan fingerprint density at radius 2 is 1.45 bits per heavy atom. The molecule has 7 rings (SSSR count). The number of nitrogens with zero attached hydrogens (tertiary/aromatic N) is 8. The zero-order chi connectivity index (χ0) is 52.0. The predicted molar refractivity (Wildman–Crippen MR) is 259 cm³/mol. The van der Waals surface area contributed by atoms with Crippen LogP contribution >= 0.6 is 7.82 Å². The van der Waals surface area contributed by atoms with Crippen LogP contribution in [-0.4, -0.2) is 99.6 Å². The van der Waals surface area contributed by atoms with Crippen molar-refractivity contribution in [3.8, 4) is 11.4 Å². The number of benzene rings is 3. The van der Waals surface area contributed by atoms with E-state index in [0.29, 0.717) is 50.3 Å². The summed E-state index contributed by atoms with van der Waals surface area (Å²) in [4.78, 5) is 68.2. The SMILES string of the molecule is CC[C@@H](C(C)OC(=O)OC(C)OC(=O)CCCCCCCCCOP(=O)([O-])[O-])n1ncn(-c2ccc(N3CCN(c4ccc(OC[C@@H]5CO[C@@](Cn6cncn6)(c6ccc(F)cc6F)C5)cc4)CC3)cc2)c1=O.[Na+].[Na+]. The molecular formula is C50H63F2N8Na2O12P. The average Bonchev–Trinajstić information content (AvgIpc) is 4.12. The molecule has 2 aromatic heterocycles. The van der Waals surface area contributed by atoms with Crippen molar-refractivity contribution in [1.29, 1.82) is 0 Å². The number of hydrogen-bond acceptors (Lipinski definition) is 17. The average molecular weight is 1080 g/mol. The molecule has 3 aromatic carbocycles. The van der Waals surface area contributed by atoms with Crippen LogP contribution in [0.15, 0.2) is 90.5 Å². The van der Waals surface area contributed by atoms with Crippen LogP contribution in [0.3, 0.4) is 0 Å². The van der Waals surface area contributed by atoms with Gasteiger partial charge in [-0.05, 0) is 87.2 Å². The van der Waals surface area contributed by atoms with Gasteiger partial charge < -0.3 is 52.4 Å². The first-order valence-corrected chi connectivity index (χ1v) is 26.2. The molecule has 5 aromatic rings. The van der Waals surface area contributed by atoms with Gasteiger partial charge in [0, 0.05) is 68.4 Å². The monoisotopic (exact) mass is 1080 g/mol. The van der Waals surface area contributed by atoms with Crippen LogP contribution in [0.1, 0.15) is 96.6 Å². The Morgan fingerprint density at radius 1 is 0.827 bits per heavy atom. The smallest absolute Gasteiger partial charge is 0.790 e. The maximum atomic E-state index is 15.1. The summed E-state index contributed by atoms with van der Waals surface area (Å²) in [6, 6.07) is 18.5. The minimum atomic E-state index is -4.92. The number of hydrogen-bond donors (Lipinski definition) is 0. The Kier molecular flexibility index (Phi) is 24.3. The molecule has 0 amide bonds. The Hall–Kier alpha value is -4.19. The largest absolute Gasteiger partial charge is 1.00 e. The van der Waals surface area contributed by atoms with Gasteiger partial charge in [0.25, 0.3) is 0 Å². The first-order valence-electron chi connectivity index (χ1n) is 24.7. The van der Waals surface area contributed by atoms with E-state index in [2.05, 4.69) is 29.5 Å². The van der Waals surface area contributed by atoms with E-state index in [1.807, 2.05) is 55.5 Å². The third-order valence-corrected chi connectivity index (χ3v) is 13.6. The van der Waals surface area contributed by atoms with E-state index in [1.54, 1.807) is 17.9 Å². The second-order valence-electron chi connectivity index (χ2n) is 18.3. The summed E-state index contributed by atoms with van der Waals surface area (Å²) in [7, 11) is -4.92. The number of ether oxygens (including phenoxy) is 5. The molecular weight excluding hydrogens is 1020 g/mol. The summed E-state index contributed by atoms with van der Waals surface area (Å²) in [6.45, 7) is 8.79. The molecule has 0 aliphatic carbocycles. The summed E-state index contributed by atoms with van der Waals surface area (Å²) < 4.78 is 76.2. The fourth-order valence-electron chi connectivity index (χ4n) is 9.32. The van der Waals surface area contributed by atoms with Gasteiger partial charge >= 0.3 is 76.9 Å². The maximum absolute atomic E-state index is 15.1. The third kappa shape index (κ3) is 17.9. The zero-order valence-electron chi connectivity index (χ0n) is 43.3. The molecule has 0 spiro atoms. The van der Waals surface area contributed by atoms with Crippen LogP contribution in [-0.2, 0) is 45.0 Å². The Bertz CT molecular complexity index is 2660. The quantitative estimate of drug-likeness (QED) is 0.0243. The minimum absolute atomic E-state index is 0. The van der Waals surface area contributed by atoms with E-state index in [1.165, 1.54) is 41.0 Å². The topological polar surface area (TPSA) is 230 Å². The Balaban J connectivity index is 0.00000520. The molecule has 5 atom stereocenters. The van der Waals surface area contributed by atoms with Gasteiger partial charge in [0.1, 0.15) is 48.1 Å². The van der Waals surface area contributed by atoms with Crippen LogP contribution in [0.2, 0.25) is 0 Å². The van der Waals surface area contributed by atoms with Gasteiger partial charge in [0.2, 0.25) is 6.29 Å². The fourth-order valence-corrected chi connectivity index (χ4v) is 9.67. The summed E-state index contributed by atoms with van der Waals surface area (Å²) >= 11 is 0. The predicted octanol–water partition coefficient (Wildman–Crippen LogP) is 0.597. The zero-order valence-corrected chi connectivity index (χ0v) is 48.2. The van der Waals surface area contributed by atoms with Crippen LogP contribution in [0.25, 0.3) is 5.69 Å². The number of aromatic nitrogens is 6. The summed E-state index contributed by atoms with van der Waals surface area (Å²) in [5.74, 6) is -1.20. The number of phosphoric ester groups is 1. The van der Waals surface area contributed by atoms with E-state index in [-0.39, 0.29) is 90.2 Å². The standard InChI is InChI=1S/C50H65F2N8O12P.2Na/c1-4-46(36(2)70-49(63)72-37(3)71-47(61)12-10-8-6-5-7-9-11-27-69-73(64,65)66)60-48(62)59(35-55-60)42-16-14-40(15-17-42)56-23-25-57(26-24-56)41-18-20-43(21-19-41)67-30-38-29-50(68-31-38,32-58-34-53-33-54-58)44-22-13-39(51)28-45(44)52;;/h13-22,28,33-38,46H,4-12,23-27,29-32H2,1-3H3,(H2,64,65,66);;/q;2*+1/p-2/t36?,37?,38-,46+,50+;;/m1../s1. The van der Waals surface area contributed by atoms with Crippen molar-refractivity contribution in [2.75, 3.05) is 55.8 Å². The van der Waals surface area contributed by atoms with Crippen molar-refractivity contribution in [1.82, 2.24) is 29.1 Å². The molecule has 4 heterocycles. The van der Waals surface area contributed by atoms with Gasteiger partial charge in [-0.1, -0.05) is 45.1 Å². The van der Waals surface area contributed by atoms with Crippen molar-refractivity contribution >= 4 is 31.3 Å². The van der Waals surface area contributed by atoms with E-state index in [0.717, 1.165) is 75.7 Å². The molecule has 0 radical (unpaired) electrons. The number of esters is 1. The normalized spacial score (nSPS) is 17.8. The summed E-state index contributed by atoms with van der Waals surface area (Å²) in [6.07, 6.45) is 7.45. The summed E-state index contributed by atoms with van der Waals surface area (Å²) in [5.41, 5.74) is 1.50. The molecule has 396 valence electrons. The van der Waals surface area contributed by atoms with Gasteiger partial charge in [0.05, 0.1) is 45.9 Å². The molecule has 2 aliphatic rings. The number of unbranched alkanes of at least 4 members (excludes halogenated alkanes) is 6. The maximum Gasteiger partial charge on any atom is 1.00 e. The number of phosphoric acid groups is 1. The number of rotatable bonds is 26. The van der Waals surface area contributed by atoms with E-state index in [4.69, 9.17) is 23.7 Å². The molecule has 2 aliphatic heterocycles. The second kappa shape index (κ2) is 29.5. The van der Waals surface area contributed by atoms with E-state index < -0.39 is 61.3 Å². The fraction of sp³-hybridized carbons (Fsp3) is 0.520. The number of carbonyl (C=O) groups is 2. The Labute approximate surface area is 479 Å². The molecule has 75 heavy (non-hydrogen) atoms. The molecule has 0 N–H and O–H groups in total. The van der Waals surface area contributed by atoms with Crippen molar-refractivity contribution in [2.24, 2.45) is 5.92 Å². The first kappa shape index (κ1) is 61.7. The van der Waals surface area contributed by atoms with Gasteiger partial charge in [-0.3, -0.25) is 4.79 Å². The molecule has 2 unspecified atom stereocenters. The number of piperazine rings is 1. The number of anilines is 2. The molecule has 0 saturated carbocycles. The molecule has 25 heteroatoms. The molecule has 2 saturated heterocycles. The van der Waals surface area contributed by atoms with Crippen LogP contribution in [0.5, 0.6) is 5.75 Å². The number of carbonyl (C=O) groups excluding carboxylic acids is 2.